The number of hydrogen-bond donors (Lipinski definition) is 1. The maximum Gasteiger partial charge on any atom is 0.408 e. The minimum Gasteiger partial charge on any atom is -0.496 e. The molecule has 0 saturated heterocycles. The Hall–Kier alpha value is -3.87. The van der Waals surface area contributed by atoms with Gasteiger partial charge in [0, 0.05) is 5.56 Å². The highest BCUT2D eigenvalue weighted by atomic mass is 16.6. The Morgan fingerprint density at radius 2 is 1.85 bits per heavy atom. The standard InChI is InChI=1S/C23H28N2O8/c1-7-31-21(28)18(25-22(29)33-23(3,4)5)13-32-20(27)17(14(2)26)11-16-9-8-15(12-24)10-19(16)30-6/h8-11,18H,7,13H2,1-6H3,(H,25,29)/t18-/m0/s1. The number of methoxy groups -OCH3 is 1. The second-order valence-electron chi connectivity index (χ2n) is 7.73. The molecule has 0 bridgehead atoms. The van der Waals surface area contributed by atoms with Gasteiger partial charge < -0.3 is 24.3 Å². The minimum atomic E-state index is -1.35. The second kappa shape index (κ2) is 12.2. The van der Waals surface area contributed by atoms with Crippen LogP contribution >= 0.6 is 0 Å². The Morgan fingerprint density at radius 1 is 1.18 bits per heavy atom. The monoisotopic (exact) mass is 460 g/mol. The lowest BCUT2D eigenvalue weighted by atomic mass is 10.1. The molecule has 1 aromatic carbocycles. The van der Waals surface area contributed by atoms with Crippen molar-refractivity contribution in [3.05, 3.63) is 34.9 Å². The number of carbonyl (C=O) groups is 4. The first kappa shape index (κ1) is 27.2. The number of hydrogen-bond acceptors (Lipinski definition) is 9. The van der Waals surface area contributed by atoms with Gasteiger partial charge in [0.1, 0.15) is 23.5 Å². The van der Waals surface area contributed by atoms with Crippen molar-refractivity contribution < 1.29 is 38.1 Å². The lowest BCUT2D eigenvalue weighted by Crippen LogP contribution is -2.47. The summed E-state index contributed by atoms with van der Waals surface area (Å²) in [5, 5.41) is 11.3. The average Bonchev–Trinajstić information content (AvgIpc) is 2.73. The van der Waals surface area contributed by atoms with Gasteiger partial charge in [0.15, 0.2) is 11.8 Å². The SMILES string of the molecule is CCOC(=O)[C@H](COC(=O)C(=Cc1ccc(C#N)cc1OC)C(C)=O)NC(=O)OC(C)(C)C. The smallest absolute Gasteiger partial charge is 0.408 e. The molecule has 0 aromatic heterocycles. The van der Waals surface area contributed by atoms with Crippen LogP contribution in [-0.2, 0) is 28.6 Å². The van der Waals surface area contributed by atoms with E-state index in [4.69, 9.17) is 24.2 Å². The van der Waals surface area contributed by atoms with Crippen LogP contribution < -0.4 is 10.1 Å². The summed E-state index contributed by atoms with van der Waals surface area (Å²) in [6.45, 7) is 7.14. The van der Waals surface area contributed by atoms with Gasteiger partial charge in [0.25, 0.3) is 0 Å². The molecule has 10 heteroatoms. The molecule has 0 spiro atoms. The molecule has 178 valence electrons. The number of ketones is 1. The molecule has 0 heterocycles. The zero-order valence-corrected chi connectivity index (χ0v) is 19.5. The number of alkyl carbamates (subject to hydrolysis) is 1. The quantitative estimate of drug-likeness (QED) is 0.193. The molecule has 0 unspecified atom stereocenters. The molecular formula is C23H28N2O8. The van der Waals surface area contributed by atoms with Crippen molar-refractivity contribution in [3.63, 3.8) is 0 Å². The third-order valence-corrected chi connectivity index (χ3v) is 3.90. The summed E-state index contributed by atoms with van der Waals surface area (Å²) < 4.78 is 20.3. The molecule has 0 saturated carbocycles. The van der Waals surface area contributed by atoms with E-state index in [-0.39, 0.29) is 17.9 Å². The molecule has 0 fully saturated rings. The van der Waals surface area contributed by atoms with Crippen LogP contribution in [0.25, 0.3) is 6.08 Å². The molecule has 0 radical (unpaired) electrons. The number of carbonyl (C=O) groups excluding carboxylic acids is 4. The molecule has 0 aliphatic carbocycles. The van der Waals surface area contributed by atoms with Crippen LogP contribution in [0.3, 0.4) is 0 Å². The summed E-state index contributed by atoms with van der Waals surface area (Å²) in [7, 11) is 1.38. The summed E-state index contributed by atoms with van der Waals surface area (Å²) in [6, 6.07) is 5.08. The number of rotatable bonds is 9. The van der Waals surface area contributed by atoms with Gasteiger partial charge in [0.2, 0.25) is 0 Å². The molecule has 1 aromatic rings. The van der Waals surface area contributed by atoms with E-state index >= 15 is 0 Å². The Bertz CT molecular complexity index is 970. The largest absolute Gasteiger partial charge is 0.496 e. The molecule has 33 heavy (non-hydrogen) atoms. The number of Topliss-reactive ketones (excluding diaryl/α,β-unsaturated/α-hetero) is 1. The van der Waals surface area contributed by atoms with Gasteiger partial charge in [-0.25, -0.2) is 14.4 Å². The van der Waals surface area contributed by atoms with Crippen LogP contribution in [0.5, 0.6) is 5.75 Å². The number of nitriles is 1. The number of nitrogens with zero attached hydrogens (tertiary/aromatic N) is 1. The Kier molecular flexibility index (Phi) is 10.1. The van der Waals surface area contributed by atoms with Crippen molar-refractivity contribution in [1.82, 2.24) is 5.32 Å². The number of esters is 2. The van der Waals surface area contributed by atoms with Gasteiger partial charge in [-0.15, -0.1) is 0 Å². The fourth-order valence-electron chi connectivity index (χ4n) is 2.46. The van der Waals surface area contributed by atoms with Gasteiger partial charge in [-0.2, -0.15) is 5.26 Å². The second-order valence-corrected chi connectivity index (χ2v) is 7.73. The van der Waals surface area contributed by atoms with Crippen molar-refractivity contribution in [1.29, 1.82) is 5.26 Å². The molecule has 0 aliphatic heterocycles. The summed E-state index contributed by atoms with van der Waals surface area (Å²) in [5.74, 6) is -2.18. The molecular weight excluding hydrogens is 432 g/mol. The third-order valence-electron chi connectivity index (χ3n) is 3.90. The maximum absolute atomic E-state index is 12.6. The fraction of sp³-hybridized carbons (Fsp3) is 0.435. The lowest BCUT2D eigenvalue weighted by Gasteiger charge is -2.22. The van der Waals surface area contributed by atoms with Crippen LogP contribution in [0.2, 0.25) is 0 Å². The number of nitrogens with one attached hydrogen (secondary N) is 1. The topological polar surface area (TPSA) is 141 Å². The summed E-state index contributed by atoms with van der Waals surface area (Å²) in [4.78, 5) is 48.9. The van der Waals surface area contributed by atoms with E-state index in [0.29, 0.717) is 11.1 Å². The molecule has 10 nitrogen and oxygen atoms in total. The van der Waals surface area contributed by atoms with E-state index in [1.165, 1.54) is 38.3 Å². The highest BCUT2D eigenvalue weighted by molar-refractivity contribution is 6.20. The predicted octanol–water partition coefficient (Wildman–Crippen LogP) is 2.54. The molecule has 1 amide bonds. The van der Waals surface area contributed by atoms with Crippen molar-refractivity contribution in [2.24, 2.45) is 0 Å². The van der Waals surface area contributed by atoms with Gasteiger partial charge >= 0.3 is 18.0 Å². The Labute approximate surface area is 192 Å². The molecule has 1 atom stereocenters. The van der Waals surface area contributed by atoms with Gasteiger partial charge in [-0.1, -0.05) is 0 Å². The summed E-state index contributed by atoms with van der Waals surface area (Å²) in [6.07, 6.45) is 0.354. The first-order valence-electron chi connectivity index (χ1n) is 10.1. The van der Waals surface area contributed by atoms with Crippen LogP contribution in [-0.4, -0.2) is 55.8 Å². The van der Waals surface area contributed by atoms with E-state index in [0.717, 1.165) is 0 Å². The first-order valence-corrected chi connectivity index (χ1v) is 10.1. The summed E-state index contributed by atoms with van der Waals surface area (Å²) in [5.41, 5.74) is -0.434. The van der Waals surface area contributed by atoms with E-state index in [1.807, 2.05) is 6.07 Å². The van der Waals surface area contributed by atoms with Gasteiger partial charge in [0.05, 0.1) is 25.3 Å². The van der Waals surface area contributed by atoms with Crippen molar-refractivity contribution >= 4 is 29.9 Å². The van der Waals surface area contributed by atoms with Crippen molar-refractivity contribution in [2.45, 2.75) is 46.3 Å². The highest BCUT2D eigenvalue weighted by Crippen LogP contribution is 2.23. The normalized spacial score (nSPS) is 12.1. The molecule has 0 aliphatic rings. The maximum atomic E-state index is 12.6. The van der Waals surface area contributed by atoms with Crippen LogP contribution in [0.1, 0.15) is 45.7 Å². The van der Waals surface area contributed by atoms with E-state index in [2.05, 4.69) is 5.32 Å². The highest BCUT2D eigenvalue weighted by Gasteiger charge is 2.28. The zero-order valence-electron chi connectivity index (χ0n) is 19.5. The molecule has 1 rings (SSSR count). The Balaban J connectivity index is 3.07. The number of amides is 1. The van der Waals surface area contributed by atoms with Crippen molar-refractivity contribution in [3.8, 4) is 11.8 Å². The first-order chi connectivity index (χ1) is 15.4. The van der Waals surface area contributed by atoms with Gasteiger partial charge in [-0.3, -0.25) is 4.79 Å². The summed E-state index contributed by atoms with van der Waals surface area (Å²) >= 11 is 0. The zero-order chi connectivity index (χ0) is 25.2. The fourth-order valence-corrected chi connectivity index (χ4v) is 2.46. The Morgan fingerprint density at radius 3 is 2.36 bits per heavy atom. The van der Waals surface area contributed by atoms with E-state index in [9.17, 15) is 19.2 Å². The average molecular weight is 460 g/mol. The number of ether oxygens (including phenoxy) is 4. The van der Waals surface area contributed by atoms with Crippen molar-refractivity contribution in [2.75, 3.05) is 20.3 Å². The minimum absolute atomic E-state index is 0.0381. The van der Waals surface area contributed by atoms with Gasteiger partial charge in [-0.05, 0) is 58.9 Å². The van der Waals surface area contributed by atoms with Crippen LogP contribution in [0.4, 0.5) is 4.79 Å². The van der Waals surface area contributed by atoms with E-state index < -0.39 is 42.1 Å². The van der Waals surface area contributed by atoms with E-state index in [1.54, 1.807) is 27.7 Å². The third kappa shape index (κ3) is 9.03. The predicted molar refractivity (Wildman–Crippen MR) is 117 cm³/mol. The molecule has 1 N–H and O–H groups in total. The van der Waals surface area contributed by atoms with Crippen LogP contribution in [0.15, 0.2) is 23.8 Å². The number of benzene rings is 1. The lowest BCUT2D eigenvalue weighted by molar-refractivity contribution is -0.150. The van der Waals surface area contributed by atoms with Crippen LogP contribution in [0, 0.1) is 11.3 Å².